The van der Waals surface area contributed by atoms with Crippen LogP contribution < -0.4 is 9.47 Å². The molecule has 0 heterocycles. The van der Waals surface area contributed by atoms with E-state index in [-0.39, 0.29) is 11.3 Å². The smallest absolute Gasteiger partial charge is 0.199 e. The molecule has 0 radical (unpaired) electrons. The second-order valence-corrected chi connectivity index (χ2v) is 4.85. The molecule has 2 aromatic carbocycles. The van der Waals surface area contributed by atoms with E-state index in [9.17, 15) is 9.18 Å². The predicted octanol–water partition coefficient (Wildman–Crippen LogP) is 3.84. The van der Waals surface area contributed by atoms with Crippen LogP contribution in [0.4, 0.5) is 4.39 Å². The van der Waals surface area contributed by atoms with Gasteiger partial charge in [0.15, 0.2) is 5.78 Å². The minimum atomic E-state index is -0.610. The summed E-state index contributed by atoms with van der Waals surface area (Å²) < 4.78 is 24.7. The molecule has 2 aromatic rings. The average Bonchev–Trinajstić information content (AvgIpc) is 2.46. The highest BCUT2D eigenvalue weighted by molar-refractivity contribution is 9.10. The minimum absolute atomic E-state index is 0.0768. The fourth-order valence-electron chi connectivity index (χ4n) is 1.85. The zero-order valence-electron chi connectivity index (χ0n) is 10.9. The molecule has 0 atom stereocenters. The summed E-state index contributed by atoms with van der Waals surface area (Å²) in [4.78, 5) is 12.4. The van der Waals surface area contributed by atoms with Gasteiger partial charge in [0.2, 0.25) is 0 Å². The first kappa shape index (κ1) is 14.5. The molecule has 0 saturated heterocycles. The van der Waals surface area contributed by atoms with Crippen molar-refractivity contribution < 1.29 is 18.7 Å². The van der Waals surface area contributed by atoms with Gasteiger partial charge in [-0.1, -0.05) is 6.07 Å². The van der Waals surface area contributed by atoms with Gasteiger partial charge in [0.25, 0.3) is 0 Å². The van der Waals surface area contributed by atoms with E-state index in [1.165, 1.54) is 26.4 Å². The van der Waals surface area contributed by atoms with Crippen LogP contribution in [-0.2, 0) is 0 Å². The fraction of sp³-hybridized carbons (Fsp3) is 0.133. The van der Waals surface area contributed by atoms with Gasteiger partial charge >= 0.3 is 0 Å². The normalized spacial score (nSPS) is 10.2. The summed E-state index contributed by atoms with van der Waals surface area (Å²) in [7, 11) is 2.93. The van der Waals surface area contributed by atoms with Crippen LogP contribution >= 0.6 is 15.9 Å². The van der Waals surface area contributed by atoms with E-state index in [2.05, 4.69) is 15.9 Å². The van der Waals surface area contributed by atoms with E-state index >= 15 is 0 Å². The summed E-state index contributed by atoms with van der Waals surface area (Å²) in [5.41, 5.74) is 0.271. The quantitative estimate of drug-likeness (QED) is 0.794. The van der Waals surface area contributed by atoms with E-state index in [0.717, 1.165) is 0 Å². The highest BCUT2D eigenvalue weighted by Crippen LogP contribution is 2.29. The van der Waals surface area contributed by atoms with Crippen LogP contribution in [0.15, 0.2) is 40.9 Å². The first-order valence-corrected chi connectivity index (χ1v) is 6.58. The van der Waals surface area contributed by atoms with Crippen LogP contribution in [0.1, 0.15) is 15.9 Å². The van der Waals surface area contributed by atoms with Crippen molar-refractivity contribution in [3.8, 4) is 11.5 Å². The standard InChI is InChI=1S/C15H12BrFO3/c1-19-12-7-6-9(8-10(12)16)15(18)14-11(17)4-3-5-13(14)20-2/h3-8H,1-2H3. The number of ether oxygens (including phenoxy) is 2. The zero-order valence-corrected chi connectivity index (χ0v) is 12.5. The molecule has 0 N–H and O–H groups in total. The number of rotatable bonds is 4. The van der Waals surface area contributed by atoms with Crippen molar-refractivity contribution >= 4 is 21.7 Å². The minimum Gasteiger partial charge on any atom is -0.496 e. The topological polar surface area (TPSA) is 35.5 Å². The lowest BCUT2D eigenvalue weighted by Gasteiger charge is -2.10. The molecule has 20 heavy (non-hydrogen) atoms. The van der Waals surface area contributed by atoms with E-state index in [4.69, 9.17) is 9.47 Å². The summed E-state index contributed by atoms with van der Waals surface area (Å²) >= 11 is 3.30. The molecule has 0 unspecified atom stereocenters. The van der Waals surface area contributed by atoms with Crippen LogP contribution in [0.25, 0.3) is 0 Å². The largest absolute Gasteiger partial charge is 0.496 e. The Hall–Kier alpha value is -1.88. The van der Waals surface area contributed by atoms with Gasteiger partial charge in [-0.05, 0) is 46.3 Å². The number of hydrogen-bond donors (Lipinski definition) is 0. The second-order valence-electron chi connectivity index (χ2n) is 4.00. The molecule has 0 saturated carbocycles. The molecule has 2 rings (SSSR count). The molecule has 0 amide bonds. The van der Waals surface area contributed by atoms with Crippen molar-refractivity contribution in [2.45, 2.75) is 0 Å². The van der Waals surface area contributed by atoms with Gasteiger partial charge in [-0.25, -0.2) is 4.39 Å². The van der Waals surface area contributed by atoms with Crippen molar-refractivity contribution in [2.24, 2.45) is 0 Å². The van der Waals surface area contributed by atoms with Crippen LogP contribution in [0, 0.1) is 5.82 Å². The third-order valence-electron chi connectivity index (χ3n) is 2.84. The van der Waals surface area contributed by atoms with Gasteiger partial charge in [0.05, 0.1) is 18.7 Å². The lowest BCUT2D eigenvalue weighted by Crippen LogP contribution is -2.07. The Morgan fingerprint density at radius 1 is 1.10 bits per heavy atom. The molecule has 0 aliphatic rings. The molecule has 0 fully saturated rings. The van der Waals surface area contributed by atoms with Crippen molar-refractivity contribution in [1.82, 2.24) is 0 Å². The van der Waals surface area contributed by atoms with Crippen LogP contribution in [0.5, 0.6) is 11.5 Å². The maximum Gasteiger partial charge on any atom is 0.199 e. The molecular weight excluding hydrogens is 327 g/mol. The Morgan fingerprint density at radius 3 is 2.40 bits per heavy atom. The van der Waals surface area contributed by atoms with Crippen molar-refractivity contribution in [3.63, 3.8) is 0 Å². The molecule has 5 heteroatoms. The Balaban J connectivity index is 2.49. The number of methoxy groups -OCH3 is 2. The van der Waals surface area contributed by atoms with Gasteiger partial charge in [-0.15, -0.1) is 0 Å². The second kappa shape index (κ2) is 6.05. The van der Waals surface area contributed by atoms with Gasteiger partial charge in [0.1, 0.15) is 22.9 Å². The first-order valence-electron chi connectivity index (χ1n) is 5.79. The number of ketones is 1. The zero-order chi connectivity index (χ0) is 14.7. The van der Waals surface area contributed by atoms with Gasteiger partial charge in [0, 0.05) is 5.56 Å². The Bertz CT molecular complexity index is 656. The lowest BCUT2D eigenvalue weighted by molar-refractivity contribution is 0.103. The van der Waals surface area contributed by atoms with Crippen LogP contribution in [0.2, 0.25) is 0 Å². The van der Waals surface area contributed by atoms with Gasteiger partial charge < -0.3 is 9.47 Å². The maximum absolute atomic E-state index is 13.9. The van der Waals surface area contributed by atoms with E-state index < -0.39 is 11.6 Å². The molecule has 104 valence electrons. The van der Waals surface area contributed by atoms with Crippen molar-refractivity contribution in [3.05, 3.63) is 57.8 Å². The van der Waals surface area contributed by atoms with E-state index in [1.807, 2.05) is 0 Å². The van der Waals surface area contributed by atoms with Crippen molar-refractivity contribution in [1.29, 1.82) is 0 Å². The summed E-state index contributed by atoms with van der Waals surface area (Å²) in [5, 5.41) is 0. The van der Waals surface area contributed by atoms with Gasteiger partial charge in [-0.2, -0.15) is 0 Å². The Morgan fingerprint density at radius 2 is 1.80 bits per heavy atom. The number of halogens is 2. The third kappa shape index (κ3) is 2.67. The van der Waals surface area contributed by atoms with Crippen LogP contribution in [-0.4, -0.2) is 20.0 Å². The number of hydrogen-bond acceptors (Lipinski definition) is 3. The average molecular weight is 339 g/mol. The van der Waals surface area contributed by atoms with Crippen LogP contribution in [0.3, 0.4) is 0 Å². The summed E-state index contributed by atoms with van der Waals surface area (Å²) in [6.07, 6.45) is 0. The lowest BCUT2D eigenvalue weighted by atomic mass is 10.0. The molecular formula is C15H12BrFO3. The van der Waals surface area contributed by atoms with E-state index in [1.54, 1.807) is 24.3 Å². The molecule has 3 nitrogen and oxygen atoms in total. The fourth-order valence-corrected chi connectivity index (χ4v) is 2.39. The molecule has 0 aliphatic carbocycles. The van der Waals surface area contributed by atoms with E-state index in [0.29, 0.717) is 15.8 Å². The molecule has 0 spiro atoms. The summed E-state index contributed by atoms with van der Waals surface area (Å²) in [5.74, 6) is -0.242. The number of carbonyl (C=O) groups excluding carboxylic acids is 1. The maximum atomic E-state index is 13.9. The molecule has 0 bridgehead atoms. The molecule has 0 aliphatic heterocycles. The first-order chi connectivity index (χ1) is 9.58. The number of carbonyl (C=O) groups is 1. The predicted molar refractivity (Wildman–Crippen MR) is 77.1 cm³/mol. The summed E-state index contributed by atoms with van der Waals surface area (Å²) in [6.45, 7) is 0. The Labute approximate surface area is 124 Å². The third-order valence-corrected chi connectivity index (χ3v) is 3.46. The highest BCUT2D eigenvalue weighted by atomic mass is 79.9. The monoisotopic (exact) mass is 338 g/mol. The van der Waals surface area contributed by atoms with Crippen molar-refractivity contribution in [2.75, 3.05) is 14.2 Å². The highest BCUT2D eigenvalue weighted by Gasteiger charge is 2.20. The summed E-state index contributed by atoms with van der Waals surface area (Å²) in [6, 6.07) is 9.09. The van der Waals surface area contributed by atoms with Gasteiger partial charge in [-0.3, -0.25) is 4.79 Å². The SMILES string of the molecule is COc1ccc(C(=O)c2c(F)cccc2OC)cc1Br. The number of benzene rings is 2. The Kier molecular flexibility index (Phi) is 4.39. The molecule has 0 aromatic heterocycles.